The zero-order valence-corrected chi connectivity index (χ0v) is 12.6. The standard InChI is InChI=1S/C12H14N2OS3/c1-9(10-4-3-6-16-10)14(2)11(15)8-18-12-13-5-7-17-12/h3-7,9H,8H2,1-2H3/t9-/m0/s1. The molecule has 0 spiro atoms. The number of amides is 1. The van der Waals surface area contributed by atoms with Crippen LogP contribution in [0.5, 0.6) is 0 Å². The highest BCUT2D eigenvalue weighted by Crippen LogP contribution is 2.25. The van der Waals surface area contributed by atoms with Crippen LogP contribution in [0.4, 0.5) is 0 Å². The Morgan fingerprint density at radius 3 is 2.94 bits per heavy atom. The van der Waals surface area contributed by atoms with Gasteiger partial charge in [-0.15, -0.1) is 22.7 Å². The Morgan fingerprint density at radius 1 is 1.50 bits per heavy atom. The Bertz CT molecular complexity index is 481. The Morgan fingerprint density at radius 2 is 2.33 bits per heavy atom. The predicted octanol–water partition coefficient (Wildman–Crippen LogP) is 3.52. The average Bonchev–Trinajstić information content (AvgIpc) is 3.06. The molecule has 6 heteroatoms. The van der Waals surface area contributed by atoms with Crippen molar-refractivity contribution in [2.75, 3.05) is 12.8 Å². The first-order valence-electron chi connectivity index (χ1n) is 5.50. The summed E-state index contributed by atoms with van der Waals surface area (Å²) < 4.78 is 0.945. The first kappa shape index (κ1) is 13.6. The summed E-state index contributed by atoms with van der Waals surface area (Å²) in [5.74, 6) is 0.579. The number of carbonyl (C=O) groups excluding carboxylic acids is 1. The first-order chi connectivity index (χ1) is 8.68. The van der Waals surface area contributed by atoms with Gasteiger partial charge in [-0.3, -0.25) is 4.79 Å². The Balaban J connectivity index is 1.88. The van der Waals surface area contributed by atoms with Crippen LogP contribution < -0.4 is 0 Å². The molecule has 0 unspecified atom stereocenters. The maximum absolute atomic E-state index is 12.1. The predicted molar refractivity (Wildman–Crippen MR) is 78.3 cm³/mol. The van der Waals surface area contributed by atoms with Crippen LogP contribution in [0.3, 0.4) is 0 Å². The number of rotatable bonds is 5. The molecule has 3 nitrogen and oxygen atoms in total. The Kier molecular flexibility index (Phi) is 4.79. The van der Waals surface area contributed by atoms with Crippen LogP contribution in [0.2, 0.25) is 0 Å². The molecule has 0 aliphatic rings. The van der Waals surface area contributed by atoms with Gasteiger partial charge in [0.1, 0.15) is 4.34 Å². The molecular weight excluding hydrogens is 284 g/mol. The smallest absolute Gasteiger partial charge is 0.233 e. The highest BCUT2D eigenvalue weighted by molar-refractivity contribution is 8.01. The molecule has 0 radical (unpaired) electrons. The van der Waals surface area contributed by atoms with Crippen LogP contribution in [0, 0.1) is 0 Å². The Hall–Kier alpha value is -0.850. The lowest BCUT2D eigenvalue weighted by molar-refractivity contribution is -0.128. The van der Waals surface area contributed by atoms with E-state index in [2.05, 4.69) is 18.0 Å². The second-order valence-electron chi connectivity index (χ2n) is 3.78. The third kappa shape index (κ3) is 3.34. The summed E-state index contributed by atoms with van der Waals surface area (Å²) in [6.07, 6.45) is 1.76. The number of thiophene rings is 1. The van der Waals surface area contributed by atoms with Gasteiger partial charge in [0, 0.05) is 23.5 Å². The van der Waals surface area contributed by atoms with E-state index in [9.17, 15) is 4.79 Å². The molecule has 0 bridgehead atoms. The third-order valence-electron chi connectivity index (χ3n) is 2.66. The number of aromatic nitrogens is 1. The van der Waals surface area contributed by atoms with Crippen molar-refractivity contribution in [1.82, 2.24) is 9.88 Å². The molecule has 0 aliphatic carbocycles. The van der Waals surface area contributed by atoms with Gasteiger partial charge in [-0.05, 0) is 18.4 Å². The van der Waals surface area contributed by atoms with Gasteiger partial charge in [0.05, 0.1) is 11.8 Å². The largest absolute Gasteiger partial charge is 0.337 e. The second kappa shape index (κ2) is 6.36. The highest BCUT2D eigenvalue weighted by atomic mass is 32.2. The summed E-state index contributed by atoms with van der Waals surface area (Å²) in [5, 5.41) is 3.96. The topological polar surface area (TPSA) is 33.2 Å². The molecule has 0 aromatic carbocycles. The molecule has 2 heterocycles. The van der Waals surface area contributed by atoms with Gasteiger partial charge in [-0.1, -0.05) is 17.8 Å². The van der Waals surface area contributed by atoms with E-state index in [4.69, 9.17) is 0 Å². The van der Waals surface area contributed by atoms with Crippen molar-refractivity contribution in [2.45, 2.75) is 17.3 Å². The number of hydrogen-bond donors (Lipinski definition) is 0. The van der Waals surface area contributed by atoms with Gasteiger partial charge in [-0.2, -0.15) is 0 Å². The number of carbonyl (C=O) groups is 1. The molecule has 2 aromatic rings. The average molecular weight is 298 g/mol. The van der Waals surface area contributed by atoms with Crippen molar-refractivity contribution >= 4 is 40.3 Å². The number of nitrogens with zero attached hydrogens (tertiary/aromatic N) is 2. The molecule has 0 fully saturated rings. The van der Waals surface area contributed by atoms with Crippen LogP contribution >= 0.6 is 34.4 Å². The van der Waals surface area contributed by atoms with E-state index in [1.165, 1.54) is 16.6 Å². The van der Waals surface area contributed by atoms with Crippen molar-refractivity contribution in [3.05, 3.63) is 34.0 Å². The quantitative estimate of drug-likeness (QED) is 0.792. The first-order valence-corrected chi connectivity index (χ1v) is 8.24. The summed E-state index contributed by atoms with van der Waals surface area (Å²) in [4.78, 5) is 19.2. The third-order valence-corrected chi connectivity index (χ3v) is 5.65. The fourth-order valence-electron chi connectivity index (χ4n) is 1.44. The Labute approximate surface area is 119 Å². The summed E-state index contributed by atoms with van der Waals surface area (Å²) in [7, 11) is 1.86. The minimum absolute atomic E-state index is 0.134. The van der Waals surface area contributed by atoms with Gasteiger partial charge >= 0.3 is 0 Å². The molecule has 1 atom stereocenters. The van der Waals surface area contributed by atoms with E-state index in [-0.39, 0.29) is 11.9 Å². The van der Waals surface area contributed by atoms with E-state index in [1.807, 2.05) is 23.9 Å². The van der Waals surface area contributed by atoms with E-state index >= 15 is 0 Å². The fraction of sp³-hybridized carbons (Fsp3) is 0.333. The molecule has 18 heavy (non-hydrogen) atoms. The van der Waals surface area contributed by atoms with E-state index in [1.54, 1.807) is 33.8 Å². The van der Waals surface area contributed by atoms with Crippen LogP contribution in [-0.4, -0.2) is 28.6 Å². The maximum Gasteiger partial charge on any atom is 0.233 e. The second-order valence-corrected chi connectivity index (χ2v) is 6.88. The van der Waals surface area contributed by atoms with Crippen molar-refractivity contribution in [3.63, 3.8) is 0 Å². The summed E-state index contributed by atoms with van der Waals surface area (Å²) >= 11 is 4.75. The lowest BCUT2D eigenvalue weighted by Gasteiger charge is -2.23. The lowest BCUT2D eigenvalue weighted by atomic mass is 10.2. The molecule has 0 saturated heterocycles. The lowest BCUT2D eigenvalue weighted by Crippen LogP contribution is -2.30. The van der Waals surface area contributed by atoms with E-state index in [0.29, 0.717) is 5.75 Å². The maximum atomic E-state index is 12.1. The van der Waals surface area contributed by atoms with Crippen molar-refractivity contribution < 1.29 is 4.79 Å². The summed E-state index contributed by atoms with van der Waals surface area (Å²) in [6, 6.07) is 4.21. The molecule has 0 aliphatic heterocycles. The molecule has 2 rings (SSSR count). The van der Waals surface area contributed by atoms with Gasteiger partial charge in [0.15, 0.2) is 0 Å². The van der Waals surface area contributed by atoms with Crippen LogP contribution in [0.1, 0.15) is 17.8 Å². The fourth-order valence-corrected chi connectivity index (χ4v) is 3.83. The van der Waals surface area contributed by atoms with E-state index in [0.717, 1.165) is 4.34 Å². The number of thioether (sulfide) groups is 1. The van der Waals surface area contributed by atoms with Crippen molar-refractivity contribution in [2.24, 2.45) is 0 Å². The molecular formula is C12H14N2OS3. The van der Waals surface area contributed by atoms with E-state index < -0.39 is 0 Å². The molecule has 0 N–H and O–H groups in total. The van der Waals surface area contributed by atoms with Crippen LogP contribution in [-0.2, 0) is 4.79 Å². The zero-order chi connectivity index (χ0) is 13.0. The minimum Gasteiger partial charge on any atom is -0.337 e. The summed E-state index contributed by atoms with van der Waals surface area (Å²) in [5.41, 5.74) is 0. The minimum atomic E-state index is 0.134. The number of thiazole rings is 1. The van der Waals surface area contributed by atoms with Gasteiger partial charge < -0.3 is 4.90 Å². The van der Waals surface area contributed by atoms with Gasteiger partial charge in [0.25, 0.3) is 0 Å². The monoisotopic (exact) mass is 298 g/mol. The van der Waals surface area contributed by atoms with Crippen LogP contribution in [0.25, 0.3) is 0 Å². The zero-order valence-electron chi connectivity index (χ0n) is 10.2. The molecule has 1 amide bonds. The van der Waals surface area contributed by atoms with Crippen molar-refractivity contribution in [1.29, 1.82) is 0 Å². The highest BCUT2D eigenvalue weighted by Gasteiger charge is 2.18. The molecule has 96 valence electrons. The SMILES string of the molecule is C[C@@H](c1cccs1)N(C)C(=O)CSc1nccs1. The van der Waals surface area contributed by atoms with Gasteiger partial charge in [0.2, 0.25) is 5.91 Å². The van der Waals surface area contributed by atoms with Crippen LogP contribution in [0.15, 0.2) is 33.4 Å². The number of hydrogen-bond acceptors (Lipinski definition) is 5. The van der Waals surface area contributed by atoms with Gasteiger partial charge in [-0.25, -0.2) is 4.98 Å². The van der Waals surface area contributed by atoms with Crippen molar-refractivity contribution in [3.8, 4) is 0 Å². The normalized spacial score (nSPS) is 12.3. The summed E-state index contributed by atoms with van der Waals surface area (Å²) in [6.45, 7) is 2.05. The molecule has 0 saturated carbocycles. The molecule has 2 aromatic heterocycles.